The Bertz CT molecular complexity index is 756. The van der Waals surface area contributed by atoms with E-state index < -0.39 is 0 Å². The number of hydrogen-bond donors (Lipinski definition) is 1. The van der Waals surface area contributed by atoms with Crippen molar-refractivity contribution in [2.75, 3.05) is 6.61 Å². The summed E-state index contributed by atoms with van der Waals surface area (Å²) in [5.41, 5.74) is 0.355. The zero-order valence-electron chi connectivity index (χ0n) is 19.9. The van der Waals surface area contributed by atoms with Gasteiger partial charge in [-0.15, -0.1) is 0 Å². The van der Waals surface area contributed by atoms with E-state index in [2.05, 4.69) is 27.7 Å². The van der Waals surface area contributed by atoms with E-state index in [-0.39, 0.29) is 28.6 Å². The van der Waals surface area contributed by atoms with Crippen LogP contribution < -0.4 is 0 Å². The van der Waals surface area contributed by atoms with E-state index in [4.69, 9.17) is 9.47 Å². The molecular weight excluding hydrogens is 388 g/mol. The fourth-order valence-electron chi connectivity index (χ4n) is 10.0. The molecule has 0 amide bonds. The second-order valence-corrected chi connectivity index (χ2v) is 13.1. The lowest BCUT2D eigenvalue weighted by Gasteiger charge is -2.60. The number of aliphatic hydroxyl groups is 1. The van der Waals surface area contributed by atoms with Crippen LogP contribution in [0.2, 0.25) is 0 Å². The molecule has 0 unspecified atom stereocenters. The average molecular weight is 431 g/mol. The maximum Gasteiger partial charge on any atom is 0.171 e. The van der Waals surface area contributed by atoms with Gasteiger partial charge >= 0.3 is 0 Å². The van der Waals surface area contributed by atoms with Crippen LogP contribution in [0.3, 0.4) is 0 Å². The van der Waals surface area contributed by atoms with Gasteiger partial charge in [-0.25, -0.2) is 0 Å². The number of carbonyl (C=O) groups excluding carboxylic acids is 1. The summed E-state index contributed by atoms with van der Waals surface area (Å²) in [5.74, 6) is 3.53. The number of ether oxygens (including phenoxy) is 2. The van der Waals surface area contributed by atoms with Crippen molar-refractivity contribution >= 4 is 5.78 Å². The standard InChI is InChI=1S/C27H42O4/c1-15-5-10-27(30-14-15)16(2)24-23(31-27)13-20-18-12-22(29)21-11-17(28)6-8-25(21,3)19(18)7-9-26(20,24)4/h15-21,23-24,28H,5-14H2,1-4H3/t15-,16+,17+,18-,19-,20-,21-,23+,24+,25-,26+,27-/m1/s1. The maximum absolute atomic E-state index is 13.3. The molecular formula is C27H42O4. The average Bonchev–Trinajstić information content (AvgIpc) is 3.17. The second-order valence-electron chi connectivity index (χ2n) is 13.1. The van der Waals surface area contributed by atoms with Crippen LogP contribution in [0.1, 0.15) is 85.5 Å². The number of Topliss-reactive ketones (excluding diaryl/α,β-unsaturated/α-hetero) is 1. The highest BCUT2D eigenvalue weighted by molar-refractivity contribution is 5.83. The molecule has 0 aromatic heterocycles. The molecule has 6 fully saturated rings. The molecule has 1 N–H and O–H groups in total. The van der Waals surface area contributed by atoms with Crippen LogP contribution in [0.15, 0.2) is 0 Å². The molecule has 2 heterocycles. The van der Waals surface area contributed by atoms with Crippen LogP contribution in [0.25, 0.3) is 0 Å². The molecule has 0 aromatic rings. The number of ketones is 1. The molecule has 4 heteroatoms. The Morgan fingerprint density at radius 1 is 0.968 bits per heavy atom. The molecule has 4 aliphatic carbocycles. The lowest BCUT2D eigenvalue weighted by Crippen LogP contribution is -2.57. The predicted octanol–water partition coefficient (Wildman–Crippen LogP) is 4.97. The van der Waals surface area contributed by atoms with Gasteiger partial charge in [-0.05, 0) is 85.4 Å². The fourth-order valence-corrected chi connectivity index (χ4v) is 10.0. The topological polar surface area (TPSA) is 55.8 Å². The van der Waals surface area contributed by atoms with Gasteiger partial charge in [0.15, 0.2) is 5.79 Å². The predicted molar refractivity (Wildman–Crippen MR) is 118 cm³/mol. The van der Waals surface area contributed by atoms with Gasteiger partial charge in [0.25, 0.3) is 0 Å². The Labute approximate surface area is 187 Å². The number of carbonyl (C=O) groups is 1. The van der Waals surface area contributed by atoms with Crippen molar-refractivity contribution < 1.29 is 19.4 Å². The Hall–Kier alpha value is -0.450. The van der Waals surface area contributed by atoms with Crippen molar-refractivity contribution in [2.24, 2.45) is 52.3 Å². The first kappa shape index (κ1) is 21.1. The third-order valence-electron chi connectivity index (χ3n) is 11.7. The number of aliphatic hydroxyl groups excluding tert-OH is 1. The first-order valence-electron chi connectivity index (χ1n) is 13.2. The van der Waals surface area contributed by atoms with E-state index in [1.807, 2.05) is 0 Å². The van der Waals surface area contributed by atoms with Crippen molar-refractivity contribution in [2.45, 2.75) is 103 Å². The number of fused-ring (bicyclic) bond motifs is 7. The normalized spacial score (nSPS) is 60.9. The maximum atomic E-state index is 13.3. The fraction of sp³-hybridized carbons (Fsp3) is 0.963. The Morgan fingerprint density at radius 3 is 2.48 bits per heavy atom. The van der Waals surface area contributed by atoms with Crippen LogP contribution >= 0.6 is 0 Å². The SMILES string of the molecule is C[C@@H]1CC[C@@]2(OC1)O[C@H]1C[C@@H]3[C@@H]4CC(=O)[C@H]5C[C@@H](O)CC[C@]5(C)[C@@H]4CC[C@]3(C)[C@H]1[C@@H]2C. The molecule has 2 saturated heterocycles. The molecule has 6 rings (SSSR count). The lowest BCUT2D eigenvalue weighted by atomic mass is 9.44. The molecule has 31 heavy (non-hydrogen) atoms. The summed E-state index contributed by atoms with van der Waals surface area (Å²) >= 11 is 0. The first-order valence-corrected chi connectivity index (χ1v) is 13.2. The summed E-state index contributed by atoms with van der Waals surface area (Å²) in [6.07, 6.45) is 9.21. The van der Waals surface area contributed by atoms with Crippen molar-refractivity contribution in [1.29, 1.82) is 0 Å². The molecule has 0 bridgehead atoms. The Morgan fingerprint density at radius 2 is 1.74 bits per heavy atom. The van der Waals surface area contributed by atoms with E-state index in [0.29, 0.717) is 53.8 Å². The summed E-state index contributed by atoms with van der Waals surface area (Å²) in [6.45, 7) is 10.4. The molecule has 4 nitrogen and oxygen atoms in total. The van der Waals surface area contributed by atoms with Gasteiger partial charge in [-0.2, -0.15) is 0 Å². The molecule has 2 aliphatic heterocycles. The second kappa shape index (κ2) is 6.79. The van der Waals surface area contributed by atoms with Crippen LogP contribution in [-0.2, 0) is 14.3 Å². The summed E-state index contributed by atoms with van der Waals surface area (Å²) in [4.78, 5) is 13.3. The summed E-state index contributed by atoms with van der Waals surface area (Å²) in [6, 6.07) is 0. The van der Waals surface area contributed by atoms with Gasteiger partial charge in [-0.1, -0.05) is 27.7 Å². The van der Waals surface area contributed by atoms with Gasteiger partial charge in [0.05, 0.1) is 18.8 Å². The molecule has 12 atom stereocenters. The molecule has 4 saturated carbocycles. The lowest BCUT2D eigenvalue weighted by molar-refractivity contribution is -0.273. The summed E-state index contributed by atoms with van der Waals surface area (Å²) < 4.78 is 13.3. The van der Waals surface area contributed by atoms with E-state index >= 15 is 0 Å². The summed E-state index contributed by atoms with van der Waals surface area (Å²) in [7, 11) is 0. The van der Waals surface area contributed by atoms with Crippen LogP contribution in [0.4, 0.5) is 0 Å². The van der Waals surface area contributed by atoms with Crippen molar-refractivity contribution in [3.05, 3.63) is 0 Å². The van der Waals surface area contributed by atoms with E-state index in [1.165, 1.54) is 19.3 Å². The minimum Gasteiger partial charge on any atom is -0.393 e. The first-order chi connectivity index (χ1) is 14.7. The highest BCUT2D eigenvalue weighted by Crippen LogP contribution is 2.71. The molecule has 1 spiro atoms. The molecule has 0 radical (unpaired) electrons. The van der Waals surface area contributed by atoms with E-state index in [9.17, 15) is 9.90 Å². The minimum absolute atomic E-state index is 0.0823. The smallest absolute Gasteiger partial charge is 0.171 e. The highest BCUT2D eigenvalue weighted by Gasteiger charge is 2.69. The van der Waals surface area contributed by atoms with Crippen LogP contribution in [0, 0.1) is 52.3 Å². The van der Waals surface area contributed by atoms with E-state index in [1.54, 1.807) is 0 Å². The third-order valence-corrected chi connectivity index (χ3v) is 11.7. The minimum atomic E-state index is -0.356. The highest BCUT2D eigenvalue weighted by atomic mass is 16.7. The number of rotatable bonds is 0. The molecule has 6 aliphatic rings. The van der Waals surface area contributed by atoms with Gasteiger partial charge in [-0.3, -0.25) is 4.79 Å². The Balaban J connectivity index is 1.28. The van der Waals surface area contributed by atoms with Crippen molar-refractivity contribution in [3.8, 4) is 0 Å². The van der Waals surface area contributed by atoms with Gasteiger partial charge in [0, 0.05) is 24.7 Å². The zero-order chi connectivity index (χ0) is 21.8. The van der Waals surface area contributed by atoms with Gasteiger partial charge in [0.2, 0.25) is 0 Å². The molecule has 174 valence electrons. The summed E-state index contributed by atoms with van der Waals surface area (Å²) in [5, 5.41) is 10.3. The van der Waals surface area contributed by atoms with Gasteiger partial charge in [0.1, 0.15) is 5.78 Å². The monoisotopic (exact) mass is 430 g/mol. The van der Waals surface area contributed by atoms with Crippen LogP contribution in [0.5, 0.6) is 0 Å². The van der Waals surface area contributed by atoms with E-state index in [0.717, 1.165) is 38.7 Å². The largest absolute Gasteiger partial charge is 0.393 e. The van der Waals surface area contributed by atoms with Crippen molar-refractivity contribution in [1.82, 2.24) is 0 Å². The van der Waals surface area contributed by atoms with Crippen LogP contribution in [-0.4, -0.2) is 35.5 Å². The third kappa shape index (κ3) is 2.74. The molecule has 0 aromatic carbocycles. The van der Waals surface area contributed by atoms with Crippen molar-refractivity contribution in [3.63, 3.8) is 0 Å². The Kier molecular flexibility index (Phi) is 4.62. The van der Waals surface area contributed by atoms with Gasteiger partial charge < -0.3 is 14.6 Å². The number of hydrogen-bond acceptors (Lipinski definition) is 4. The zero-order valence-corrected chi connectivity index (χ0v) is 19.9. The quantitative estimate of drug-likeness (QED) is 0.589.